The third-order valence-electron chi connectivity index (χ3n) is 8.47. The Bertz CT molecular complexity index is 1560. The Hall–Kier alpha value is -4.05. The van der Waals surface area contributed by atoms with Crippen LogP contribution in [0.5, 0.6) is 0 Å². The molecule has 1 saturated heterocycles. The van der Waals surface area contributed by atoms with Crippen molar-refractivity contribution >= 4 is 29.5 Å². The zero-order valence-corrected chi connectivity index (χ0v) is 27.1. The van der Waals surface area contributed by atoms with Gasteiger partial charge < -0.3 is 20.1 Å². The summed E-state index contributed by atoms with van der Waals surface area (Å²) in [7, 11) is 0. The van der Waals surface area contributed by atoms with E-state index >= 15 is 0 Å². The molecule has 5 rings (SSSR count). The number of rotatable bonds is 5. The van der Waals surface area contributed by atoms with E-state index in [1.54, 1.807) is 17.3 Å². The fourth-order valence-electron chi connectivity index (χ4n) is 5.94. The molecule has 0 radical (unpaired) electrons. The van der Waals surface area contributed by atoms with E-state index in [-0.39, 0.29) is 17.2 Å². The summed E-state index contributed by atoms with van der Waals surface area (Å²) in [5.41, 5.74) is 3.17. The molecule has 10 nitrogen and oxygen atoms in total. The molecule has 44 heavy (non-hydrogen) atoms. The standard InChI is InChI=1S/C34H44N6O4/c1-21-17-22(29(41)39-15-12-24(13-16-39)34(7,8)43)9-10-26(21)37-30-35-14-11-27(38-30)23-18-25-28(36-19-23)40(20-33(25,5)6)31(42)44-32(2,3)4/h9-11,14,17-19,24,43H,12-13,15-16,20H2,1-8H3,(H,35,37,38). The van der Waals surface area contributed by atoms with Crippen LogP contribution in [-0.4, -0.2) is 67.8 Å². The highest BCUT2D eigenvalue weighted by Crippen LogP contribution is 2.41. The topological polar surface area (TPSA) is 121 Å². The summed E-state index contributed by atoms with van der Waals surface area (Å²) >= 11 is 0. The fourth-order valence-corrected chi connectivity index (χ4v) is 5.94. The van der Waals surface area contributed by atoms with E-state index in [1.807, 2.05) is 76.8 Å². The van der Waals surface area contributed by atoms with Crippen LogP contribution in [0.15, 0.2) is 42.7 Å². The average Bonchev–Trinajstić information content (AvgIpc) is 3.23. The smallest absolute Gasteiger partial charge is 0.416 e. The second-order valence-corrected chi connectivity index (χ2v) is 14.2. The van der Waals surface area contributed by atoms with Gasteiger partial charge in [0, 0.05) is 59.8 Å². The maximum atomic E-state index is 13.2. The Morgan fingerprint density at radius 1 is 1.05 bits per heavy atom. The van der Waals surface area contributed by atoms with Crippen LogP contribution in [0, 0.1) is 12.8 Å². The lowest BCUT2D eigenvalue weighted by Gasteiger charge is -2.37. The van der Waals surface area contributed by atoms with Gasteiger partial charge in [-0.2, -0.15) is 0 Å². The van der Waals surface area contributed by atoms with Crippen molar-refractivity contribution in [2.75, 3.05) is 29.9 Å². The molecule has 2 aliphatic rings. The maximum absolute atomic E-state index is 13.2. The van der Waals surface area contributed by atoms with Gasteiger partial charge in [-0.15, -0.1) is 0 Å². The summed E-state index contributed by atoms with van der Waals surface area (Å²) in [5, 5.41) is 13.6. The summed E-state index contributed by atoms with van der Waals surface area (Å²) < 4.78 is 5.62. The number of carbonyl (C=O) groups is 2. The molecule has 0 bridgehead atoms. The van der Waals surface area contributed by atoms with Crippen LogP contribution in [0.1, 0.15) is 82.8 Å². The van der Waals surface area contributed by atoms with E-state index in [0.717, 1.165) is 35.2 Å². The highest BCUT2D eigenvalue weighted by molar-refractivity contribution is 5.95. The normalized spacial score (nSPS) is 16.9. The molecule has 0 spiro atoms. The predicted molar refractivity (Wildman–Crippen MR) is 171 cm³/mol. The Morgan fingerprint density at radius 2 is 1.75 bits per heavy atom. The Kier molecular flexibility index (Phi) is 8.18. The van der Waals surface area contributed by atoms with Crippen LogP contribution in [0.4, 0.5) is 22.2 Å². The molecule has 2 aromatic heterocycles. The summed E-state index contributed by atoms with van der Waals surface area (Å²) in [4.78, 5) is 43.4. The van der Waals surface area contributed by atoms with Crippen LogP contribution < -0.4 is 10.2 Å². The molecule has 234 valence electrons. The van der Waals surface area contributed by atoms with Gasteiger partial charge in [0.1, 0.15) is 11.4 Å². The third-order valence-corrected chi connectivity index (χ3v) is 8.47. The number of pyridine rings is 1. The number of nitrogens with one attached hydrogen (secondary N) is 1. The molecule has 0 saturated carbocycles. The van der Waals surface area contributed by atoms with Crippen molar-refractivity contribution < 1.29 is 19.4 Å². The summed E-state index contributed by atoms with van der Waals surface area (Å²) in [6, 6.07) is 9.46. The van der Waals surface area contributed by atoms with Crippen molar-refractivity contribution in [2.24, 2.45) is 5.92 Å². The second-order valence-electron chi connectivity index (χ2n) is 14.2. The number of carbonyl (C=O) groups excluding carboxylic acids is 2. The van der Waals surface area contributed by atoms with Gasteiger partial charge in [-0.1, -0.05) is 13.8 Å². The van der Waals surface area contributed by atoms with Crippen LogP contribution in [0.2, 0.25) is 0 Å². The highest BCUT2D eigenvalue weighted by Gasteiger charge is 2.41. The predicted octanol–water partition coefficient (Wildman–Crippen LogP) is 6.25. The molecule has 2 N–H and O–H groups in total. The van der Waals surface area contributed by atoms with Gasteiger partial charge in [-0.05, 0) is 96.2 Å². The zero-order chi connectivity index (χ0) is 32.0. The molecule has 2 amide bonds. The maximum Gasteiger partial charge on any atom is 0.416 e. The van der Waals surface area contributed by atoms with Crippen molar-refractivity contribution in [3.05, 3.63) is 59.4 Å². The van der Waals surface area contributed by atoms with Gasteiger partial charge in [0.2, 0.25) is 5.95 Å². The number of aromatic nitrogens is 3. The van der Waals surface area contributed by atoms with Gasteiger partial charge >= 0.3 is 6.09 Å². The van der Waals surface area contributed by atoms with Gasteiger partial charge in [0.15, 0.2) is 0 Å². The van der Waals surface area contributed by atoms with E-state index in [2.05, 4.69) is 29.1 Å². The van der Waals surface area contributed by atoms with E-state index in [0.29, 0.717) is 42.7 Å². The van der Waals surface area contributed by atoms with Crippen LogP contribution in [0.25, 0.3) is 11.3 Å². The molecule has 1 aromatic carbocycles. The molecule has 0 aliphatic carbocycles. The number of nitrogens with zero attached hydrogens (tertiary/aromatic N) is 5. The van der Waals surface area contributed by atoms with Gasteiger partial charge in [0.25, 0.3) is 5.91 Å². The first kappa shape index (κ1) is 31.4. The highest BCUT2D eigenvalue weighted by atomic mass is 16.6. The van der Waals surface area contributed by atoms with Crippen molar-refractivity contribution in [3.63, 3.8) is 0 Å². The van der Waals surface area contributed by atoms with Crippen LogP contribution >= 0.6 is 0 Å². The molecule has 3 aromatic rings. The molecule has 0 unspecified atom stereocenters. The third kappa shape index (κ3) is 6.70. The number of piperidine rings is 1. The lowest BCUT2D eigenvalue weighted by molar-refractivity contribution is -0.0108. The molecule has 0 atom stereocenters. The summed E-state index contributed by atoms with van der Waals surface area (Å²) in [6.07, 6.45) is 4.60. The number of aryl methyl sites for hydroxylation is 1. The minimum Gasteiger partial charge on any atom is -0.443 e. The number of likely N-dealkylation sites (tertiary alicyclic amines) is 1. The molecular formula is C34H44N6O4. The number of aliphatic hydroxyl groups is 1. The lowest BCUT2D eigenvalue weighted by Crippen LogP contribution is -2.44. The number of hydrogen-bond acceptors (Lipinski definition) is 8. The van der Waals surface area contributed by atoms with Gasteiger partial charge in [0.05, 0.1) is 11.3 Å². The number of benzene rings is 1. The fraction of sp³-hybridized carbons (Fsp3) is 0.500. The zero-order valence-electron chi connectivity index (χ0n) is 27.1. The molecule has 4 heterocycles. The monoisotopic (exact) mass is 600 g/mol. The van der Waals surface area contributed by atoms with Crippen molar-refractivity contribution in [2.45, 2.75) is 84.8 Å². The number of anilines is 3. The van der Waals surface area contributed by atoms with E-state index in [9.17, 15) is 14.7 Å². The second kappa shape index (κ2) is 11.5. The Balaban J connectivity index is 1.30. The Labute approximate surface area is 259 Å². The first-order chi connectivity index (χ1) is 20.5. The van der Waals surface area contributed by atoms with E-state index in [4.69, 9.17) is 9.72 Å². The minimum absolute atomic E-state index is 0.00404. The largest absolute Gasteiger partial charge is 0.443 e. The van der Waals surface area contributed by atoms with Gasteiger partial charge in [-0.3, -0.25) is 9.69 Å². The number of hydrogen-bond donors (Lipinski definition) is 2. The molecule has 10 heteroatoms. The first-order valence-electron chi connectivity index (χ1n) is 15.3. The molecule has 2 aliphatic heterocycles. The van der Waals surface area contributed by atoms with E-state index in [1.165, 1.54) is 0 Å². The van der Waals surface area contributed by atoms with Crippen molar-refractivity contribution in [3.8, 4) is 11.3 Å². The van der Waals surface area contributed by atoms with Crippen molar-refractivity contribution in [1.29, 1.82) is 0 Å². The molecule has 1 fully saturated rings. The minimum atomic E-state index is -0.727. The quantitative estimate of drug-likeness (QED) is 0.353. The van der Waals surface area contributed by atoms with Crippen molar-refractivity contribution in [1.82, 2.24) is 19.9 Å². The molecular weight excluding hydrogens is 556 g/mol. The average molecular weight is 601 g/mol. The van der Waals surface area contributed by atoms with E-state index < -0.39 is 17.3 Å². The number of ether oxygens (including phenoxy) is 1. The summed E-state index contributed by atoms with van der Waals surface area (Å²) in [6.45, 7) is 17.1. The first-order valence-corrected chi connectivity index (χ1v) is 15.3. The Morgan fingerprint density at radius 3 is 2.39 bits per heavy atom. The lowest BCUT2D eigenvalue weighted by atomic mass is 9.83. The number of amides is 2. The summed E-state index contributed by atoms with van der Waals surface area (Å²) in [5.74, 6) is 1.23. The van der Waals surface area contributed by atoms with Crippen LogP contribution in [0.3, 0.4) is 0 Å². The number of fused-ring (bicyclic) bond motifs is 1. The van der Waals surface area contributed by atoms with Crippen LogP contribution in [-0.2, 0) is 10.2 Å². The SMILES string of the molecule is Cc1cc(C(=O)N2CCC(C(C)(C)O)CC2)ccc1Nc1nccc(-c2cnc3c(c2)C(C)(C)CN3C(=O)OC(C)(C)C)n1. The van der Waals surface area contributed by atoms with Gasteiger partial charge in [-0.25, -0.2) is 19.7 Å².